The third-order valence-electron chi connectivity index (χ3n) is 2.94. The number of H-pyrrole nitrogens is 1. The normalized spacial score (nSPS) is 27.7. The smallest absolute Gasteiger partial charge is 0.328 e. The van der Waals surface area contributed by atoms with E-state index in [0.29, 0.717) is 12.8 Å². The van der Waals surface area contributed by atoms with Crippen molar-refractivity contribution in [2.24, 2.45) is 5.11 Å². The van der Waals surface area contributed by atoms with E-state index in [-0.39, 0.29) is 0 Å². The van der Waals surface area contributed by atoms with Crippen molar-refractivity contribution in [3.05, 3.63) is 43.5 Å². The number of azide groups is 1. The highest BCUT2D eigenvalue weighted by Crippen LogP contribution is 2.31. The predicted octanol–water partition coefficient (Wildman–Crippen LogP) is -0.0887. The zero-order chi connectivity index (χ0) is 12.4. The molecule has 2 rings (SSSR count). The Kier molecular flexibility index (Phi) is 2.99. The molecule has 8 nitrogen and oxygen atoms in total. The Bertz CT molecular complexity index is 570. The zero-order valence-electron chi connectivity index (χ0n) is 8.85. The molecule has 1 heterocycles. The Morgan fingerprint density at radius 2 is 2.29 bits per heavy atom. The summed E-state index contributed by atoms with van der Waals surface area (Å²) in [6, 6.07) is 0.132. The van der Waals surface area contributed by atoms with E-state index in [0.717, 1.165) is 0 Å². The highest BCUT2D eigenvalue weighted by molar-refractivity contribution is 4.97. The summed E-state index contributed by atoms with van der Waals surface area (Å²) in [5, 5.41) is 13.1. The Hall–Kier alpha value is -2.05. The molecule has 0 amide bonds. The van der Waals surface area contributed by atoms with Crippen LogP contribution in [-0.2, 0) is 0 Å². The molecule has 0 radical (unpaired) electrons. The SMILES string of the molecule is [N-]=[N+]=N[C@H]1[C@H](O)CC[C@H]1n1ccc(=O)[nH]c1=O. The first kappa shape index (κ1) is 11.4. The van der Waals surface area contributed by atoms with E-state index in [1.807, 2.05) is 0 Å². The van der Waals surface area contributed by atoms with Crippen LogP contribution in [0.5, 0.6) is 0 Å². The van der Waals surface area contributed by atoms with Crippen LogP contribution in [0.4, 0.5) is 0 Å². The maximum Gasteiger partial charge on any atom is 0.328 e. The first-order valence-electron chi connectivity index (χ1n) is 5.17. The second-order valence-corrected chi connectivity index (χ2v) is 3.92. The fourth-order valence-electron chi connectivity index (χ4n) is 2.15. The van der Waals surface area contributed by atoms with E-state index >= 15 is 0 Å². The van der Waals surface area contributed by atoms with Gasteiger partial charge in [0.2, 0.25) is 0 Å². The maximum atomic E-state index is 11.6. The summed E-state index contributed by atoms with van der Waals surface area (Å²) in [6.07, 6.45) is 1.58. The molecule has 0 saturated heterocycles. The van der Waals surface area contributed by atoms with Crippen molar-refractivity contribution in [1.29, 1.82) is 0 Å². The van der Waals surface area contributed by atoms with E-state index in [2.05, 4.69) is 15.0 Å². The third kappa shape index (κ3) is 2.08. The Morgan fingerprint density at radius 3 is 2.94 bits per heavy atom. The second-order valence-electron chi connectivity index (χ2n) is 3.92. The molecule has 1 saturated carbocycles. The van der Waals surface area contributed by atoms with Crippen LogP contribution in [0.15, 0.2) is 27.0 Å². The first-order valence-corrected chi connectivity index (χ1v) is 5.17. The summed E-state index contributed by atoms with van der Waals surface area (Å²) < 4.78 is 1.29. The molecule has 0 aliphatic heterocycles. The molecule has 90 valence electrons. The van der Waals surface area contributed by atoms with Gasteiger partial charge in [0.25, 0.3) is 5.56 Å². The lowest BCUT2D eigenvalue weighted by Crippen LogP contribution is -2.35. The second kappa shape index (κ2) is 4.44. The molecule has 1 aliphatic carbocycles. The molecule has 1 aliphatic rings. The first-order chi connectivity index (χ1) is 8.13. The number of nitrogens with one attached hydrogen (secondary N) is 1. The highest BCUT2D eigenvalue weighted by atomic mass is 16.3. The number of hydrogen-bond donors (Lipinski definition) is 2. The number of aliphatic hydroxyl groups is 1. The number of hydrogen-bond acceptors (Lipinski definition) is 4. The van der Waals surface area contributed by atoms with Crippen LogP contribution < -0.4 is 11.2 Å². The van der Waals surface area contributed by atoms with E-state index in [1.165, 1.54) is 16.8 Å². The minimum absolute atomic E-state index is 0.412. The van der Waals surface area contributed by atoms with Gasteiger partial charge in [-0.25, -0.2) is 4.79 Å². The van der Waals surface area contributed by atoms with E-state index in [4.69, 9.17) is 5.53 Å². The lowest BCUT2D eigenvalue weighted by Gasteiger charge is -2.18. The largest absolute Gasteiger partial charge is 0.393 e. The van der Waals surface area contributed by atoms with Crippen molar-refractivity contribution in [3.63, 3.8) is 0 Å². The summed E-state index contributed by atoms with van der Waals surface area (Å²) >= 11 is 0. The van der Waals surface area contributed by atoms with Crippen molar-refractivity contribution in [2.75, 3.05) is 0 Å². The fourth-order valence-corrected chi connectivity index (χ4v) is 2.15. The molecule has 1 aromatic rings. The highest BCUT2D eigenvalue weighted by Gasteiger charge is 2.35. The van der Waals surface area contributed by atoms with Gasteiger partial charge in [-0.15, -0.1) is 0 Å². The molecule has 17 heavy (non-hydrogen) atoms. The van der Waals surface area contributed by atoms with Gasteiger partial charge in [0.05, 0.1) is 12.1 Å². The van der Waals surface area contributed by atoms with Gasteiger partial charge in [-0.2, -0.15) is 0 Å². The summed E-state index contributed by atoms with van der Waals surface area (Å²) in [7, 11) is 0. The third-order valence-corrected chi connectivity index (χ3v) is 2.94. The molecule has 0 unspecified atom stereocenters. The average Bonchev–Trinajstić information content (AvgIpc) is 2.62. The van der Waals surface area contributed by atoms with Crippen LogP contribution in [0.1, 0.15) is 18.9 Å². The number of aliphatic hydroxyl groups excluding tert-OH is 1. The monoisotopic (exact) mass is 237 g/mol. The van der Waals surface area contributed by atoms with Crippen LogP contribution >= 0.6 is 0 Å². The summed E-state index contributed by atoms with van der Waals surface area (Å²) in [4.78, 5) is 27.3. The molecule has 1 aromatic heterocycles. The predicted molar refractivity (Wildman–Crippen MR) is 58.5 cm³/mol. The van der Waals surface area contributed by atoms with Gasteiger partial charge in [-0.3, -0.25) is 14.3 Å². The van der Waals surface area contributed by atoms with Crippen molar-refractivity contribution >= 4 is 0 Å². The van der Waals surface area contributed by atoms with Gasteiger partial charge < -0.3 is 5.11 Å². The molecule has 0 aromatic carbocycles. The van der Waals surface area contributed by atoms with Crippen molar-refractivity contribution in [2.45, 2.75) is 31.0 Å². The van der Waals surface area contributed by atoms with Gasteiger partial charge in [-0.05, 0) is 18.4 Å². The number of nitrogens with zero attached hydrogens (tertiary/aromatic N) is 4. The lowest BCUT2D eigenvalue weighted by molar-refractivity contribution is 0.156. The Labute approximate surface area is 95.2 Å². The van der Waals surface area contributed by atoms with E-state index in [1.54, 1.807) is 0 Å². The maximum absolute atomic E-state index is 11.6. The van der Waals surface area contributed by atoms with E-state index < -0.39 is 29.4 Å². The van der Waals surface area contributed by atoms with Crippen LogP contribution in [0.25, 0.3) is 10.4 Å². The minimum atomic E-state index is -0.755. The van der Waals surface area contributed by atoms with Crippen molar-refractivity contribution in [3.8, 4) is 0 Å². The number of aromatic amines is 1. The minimum Gasteiger partial charge on any atom is -0.393 e. The standard InChI is InChI=1S/C9H11N5O3/c10-13-12-8-5(1-2-6(8)15)14-4-3-7(16)11-9(14)17/h3-6,8,15H,1-2H2,(H,11,16,17)/t5-,6-,8-/m1/s1. The van der Waals surface area contributed by atoms with Crippen LogP contribution in [-0.4, -0.2) is 26.8 Å². The molecule has 3 atom stereocenters. The van der Waals surface area contributed by atoms with Gasteiger partial charge in [-0.1, -0.05) is 5.11 Å². The van der Waals surface area contributed by atoms with Crippen molar-refractivity contribution in [1.82, 2.24) is 9.55 Å². The molecule has 0 spiro atoms. The number of aromatic nitrogens is 2. The average molecular weight is 237 g/mol. The van der Waals surface area contributed by atoms with E-state index in [9.17, 15) is 14.7 Å². The van der Waals surface area contributed by atoms with Crippen LogP contribution in [0, 0.1) is 0 Å². The zero-order valence-corrected chi connectivity index (χ0v) is 8.85. The Balaban J connectivity index is 2.42. The summed E-state index contributed by atoms with van der Waals surface area (Å²) in [5.74, 6) is 0. The molecular weight excluding hydrogens is 226 g/mol. The van der Waals surface area contributed by atoms with Gasteiger partial charge in [0.15, 0.2) is 0 Å². The summed E-state index contributed by atoms with van der Waals surface area (Å²) in [6.45, 7) is 0. The summed E-state index contributed by atoms with van der Waals surface area (Å²) in [5.41, 5.74) is 7.38. The molecule has 8 heteroatoms. The lowest BCUT2D eigenvalue weighted by atomic mass is 10.1. The fraction of sp³-hybridized carbons (Fsp3) is 0.556. The molecular formula is C9H11N5O3. The van der Waals surface area contributed by atoms with Gasteiger partial charge in [0, 0.05) is 23.2 Å². The number of rotatable bonds is 2. The quantitative estimate of drug-likeness (QED) is 0.424. The molecule has 2 N–H and O–H groups in total. The van der Waals surface area contributed by atoms with Gasteiger partial charge >= 0.3 is 5.69 Å². The van der Waals surface area contributed by atoms with Crippen LogP contribution in [0.2, 0.25) is 0 Å². The van der Waals surface area contributed by atoms with Crippen LogP contribution in [0.3, 0.4) is 0 Å². The van der Waals surface area contributed by atoms with Crippen molar-refractivity contribution < 1.29 is 5.11 Å². The molecule has 0 bridgehead atoms. The van der Waals surface area contributed by atoms with Gasteiger partial charge in [0.1, 0.15) is 0 Å². The Morgan fingerprint density at radius 1 is 1.53 bits per heavy atom. The topological polar surface area (TPSA) is 124 Å². The molecule has 1 fully saturated rings.